The molecule has 0 fully saturated rings. The number of rotatable bonds is 4. The summed E-state index contributed by atoms with van der Waals surface area (Å²) in [5, 5.41) is 14.2. The maximum absolute atomic E-state index is 12.5. The number of aromatic nitrogens is 2. The molecule has 4 rings (SSSR count). The smallest absolute Gasteiger partial charge is 0.252 e. The molecule has 0 aliphatic rings. The minimum Gasteiger partial charge on any atom is -0.348 e. The number of hydrogen-bond donors (Lipinski definition) is 2. The highest BCUT2D eigenvalue weighted by atomic mass is 35.5. The van der Waals surface area contributed by atoms with Crippen LogP contribution in [0.25, 0.3) is 21.5 Å². The second kappa shape index (κ2) is 7.11. The van der Waals surface area contributed by atoms with E-state index in [2.05, 4.69) is 15.5 Å². The molecule has 0 saturated carbocycles. The number of H-pyrrole nitrogens is 1. The number of thiophene rings is 1. The Bertz CT molecular complexity index is 1080. The fourth-order valence-corrected chi connectivity index (χ4v) is 4.13. The van der Waals surface area contributed by atoms with Crippen molar-refractivity contribution in [1.29, 1.82) is 0 Å². The molecule has 7 heteroatoms. The Morgan fingerprint density at radius 1 is 1.12 bits per heavy atom. The van der Waals surface area contributed by atoms with Gasteiger partial charge in [0.05, 0.1) is 16.0 Å². The summed E-state index contributed by atoms with van der Waals surface area (Å²) in [6, 6.07) is 15.0. The number of halogens is 2. The Kier molecular flexibility index (Phi) is 4.68. The highest BCUT2D eigenvalue weighted by Crippen LogP contribution is 2.31. The third-order valence-corrected chi connectivity index (χ3v) is 5.70. The topological polar surface area (TPSA) is 57.8 Å². The van der Waals surface area contributed by atoms with Crippen molar-refractivity contribution in [1.82, 2.24) is 15.5 Å². The third-order valence-electron chi connectivity index (χ3n) is 4.05. The quantitative estimate of drug-likeness (QED) is 0.472. The maximum Gasteiger partial charge on any atom is 0.252 e. The monoisotopic (exact) mass is 401 g/mol. The summed E-state index contributed by atoms with van der Waals surface area (Å²) >= 11 is 13.8. The zero-order valence-electron chi connectivity index (χ0n) is 13.4. The molecule has 2 heterocycles. The van der Waals surface area contributed by atoms with E-state index in [-0.39, 0.29) is 12.5 Å². The van der Waals surface area contributed by atoms with Gasteiger partial charge in [0.15, 0.2) is 0 Å². The normalized spacial score (nSPS) is 11.0. The number of carbonyl (C=O) groups is 1. The van der Waals surface area contributed by atoms with Crippen LogP contribution in [0.15, 0.2) is 53.9 Å². The van der Waals surface area contributed by atoms with E-state index in [9.17, 15) is 4.79 Å². The minimum absolute atomic E-state index is 0.177. The molecule has 0 bridgehead atoms. The van der Waals surface area contributed by atoms with Gasteiger partial charge in [-0.2, -0.15) is 5.10 Å². The number of fused-ring (bicyclic) bond motifs is 1. The van der Waals surface area contributed by atoms with Crippen LogP contribution < -0.4 is 5.32 Å². The summed E-state index contributed by atoms with van der Waals surface area (Å²) in [6.07, 6.45) is 0. The average molecular weight is 402 g/mol. The Hall–Kier alpha value is -2.34. The summed E-state index contributed by atoms with van der Waals surface area (Å²) in [7, 11) is 0. The van der Waals surface area contributed by atoms with Gasteiger partial charge in [-0.05, 0) is 24.3 Å². The van der Waals surface area contributed by atoms with Gasteiger partial charge in [0.1, 0.15) is 5.69 Å². The molecular formula is C19H13Cl2N3OS. The van der Waals surface area contributed by atoms with Crippen molar-refractivity contribution < 1.29 is 4.79 Å². The first-order valence-electron chi connectivity index (χ1n) is 7.86. The van der Waals surface area contributed by atoms with Gasteiger partial charge in [-0.15, -0.1) is 11.3 Å². The van der Waals surface area contributed by atoms with Gasteiger partial charge >= 0.3 is 0 Å². The van der Waals surface area contributed by atoms with Crippen molar-refractivity contribution >= 4 is 51.3 Å². The lowest BCUT2D eigenvalue weighted by Crippen LogP contribution is -2.22. The molecule has 2 N–H and O–H groups in total. The molecule has 0 unspecified atom stereocenters. The highest BCUT2D eigenvalue weighted by molar-refractivity contribution is 7.14. The number of aromatic amines is 1. The molecule has 0 atom stereocenters. The van der Waals surface area contributed by atoms with Crippen molar-refractivity contribution in [3.05, 3.63) is 75.1 Å². The first-order chi connectivity index (χ1) is 12.6. The molecule has 130 valence electrons. The van der Waals surface area contributed by atoms with Gasteiger partial charge in [-0.3, -0.25) is 9.89 Å². The van der Waals surface area contributed by atoms with E-state index in [0.717, 1.165) is 21.5 Å². The van der Waals surface area contributed by atoms with E-state index in [1.54, 1.807) is 18.2 Å². The van der Waals surface area contributed by atoms with E-state index in [1.807, 2.05) is 35.7 Å². The predicted molar refractivity (Wildman–Crippen MR) is 107 cm³/mol. The number of carbonyl (C=O) groups excluding carboxylic acids is 1. The third kappa shape index (κ3) is 3.21. The van der Waals surface area contributed by atoms with Crippen LogP contribution in [0.3, 0.4) is 0 Å². The van der Waals surface area contributed by atoms with Crippen LogP contribution in [0.5, 0.6) is 0 Å². The summed E-state index contributed by atoms with van der Waals surface area (Å²) in [6.45, 7) is 0.272. The van der Waals surface area contributed by atoms with E-state index in [4.69, 9.17) is 23.2 Å². The second-order valence-corrected chi connectivity index (χ2v) is 7.43. The molecule has 0 radical (unpaired) electrons. The van der Waals surface area contributed by atoms with Gasteiger partial charge in [-0.1, -0.05) is 47.5 Å². The van der Waals surface area contributed by atoms with Crippen molar-refractivity contribution in [3.8, 4) is 10.6 Å². The zero-order valence-corrected chi connectivity index (χ0v) is 15.8. The van der Waals surface area contributed by atoms with E-state index >= 15 is 0 Å². The minimum atomic E-state index is -0.177. The molecule has 4 nitrogen and oxygen atoms in total. The molecular weight excluding hydrogens is 389 g/mol. The van der Waals surface area contributed by atoms with Crippen molar-refractivity contribution in [2.24, 2.45) is 0 Å². The molecule has 1 amide bonds. The SMILES string of the molecule is O=C(NCc1c(Cl)cccc1Cl)c1csc(-c2n[nH]c3ccccc23)c1. The second-order valence-electron chi connectivity index (χ2n) is 5.70. The number of nitrogens with zero attached hydrogens (tertiary/aromatic N) is 1. The Balaban J connectivity index is 1.53. The maximum atomic E-state index is 12.5. The van der Waals surface area contributed by atoms with Gasteiger partial charge in [-0.25, -0.2) is 0 Å². The van der Waals surface area contributed by atoms with Gasteiger partial charge < -0.3 is 5.32 Å². The van der Waals surface area contributed by atoms with Gasteiger partial charge in [0, 0.05) is 32.9 Å². The van der Waals surface area contributed by atoms with Crippen LogP contribution in [0.1, 0.15) is 15.9 Å². The largest absolute Gasteiger partial charge is 0.348 e. The van der Waals surface area contributed by atoms with E-state index < -0.39 is 0 Å². The molecule has 0 saturated heterocycles. The Morgan fingerprint density at radius 2 is 1.88 bits per heavy atom. The van der Waals surface area contributed by atoms with Crippen LogP contribution in [0.2, 0.25) is 10.0 Å². The fourth-order valence-electron chi connectivity index (χ4n) is 2.70. The Morgan fingerprint density at radius 3 is 2.69 bits per heavy atom. The molecule has 4 aromatic rings. The standard InChI is InChI=1S/C19H13Cl2N3OS/c20-14-5-3-6-15(21)13(14)9-22-19(25)11-8-17(26-10-11)18-12-4-1-2-7-16(12)23-24-18/h1-8,10H,9H2,(H,22,25)(H,23,24). The first kappa shape index (κ1) is 17.1. The molecule has 0 aliphatic carbocycles. The van der Waals surface area contributed by atoms with E-state index in [1.165, 1.54) is 11.3 Å². The van der Waals surface area contributed by atoms with Crippen molar-refractivity contribution in [2.45, 2.75) is 6.54 Å². The zero-order chi connectivity index (χ0) is 18.1. The lowest BCUT2D eigenvalue weighted by Gasteiger charge is -2.08. The van der Waals surface area contributed by atoms with Gasteiger partial charge in [0.2, 0.25) is 0 Å². The Labute approximate surface area is 163 Å². The van der Waals surface area contributed by atoms with Crippen molar-refractivity contribution in [2.75, 3.05) is 0 Å². The molecule has 0 spiro atoms. The number of amides is 1. The summed E-state index contributed by atoms with van der Waals surface area (Å²) in [5.74, 6) is -0.177. The van der Waals surface area contributed by atoms with Crippen molar-refractivity contribution in [3.63, 3.8) is 0 Å². The average Bonchev–Trinajstić information content (AvgIpc) is 3.28. The number of nitrogens with one attached hydrogen (secondary N) is 2. The molecule has 26 heavy (non-hydrogen) atoms. The van der Waals surface area contributed by atoms with Crippen LogP contribution in [-0.4, -0.2) is 16.1 Å². The lowest BCUT2D eigenvalue weighted by molar-refractivity contribution is 0.0951. The van der Waals surface area contributed by atoms with Gasteiger partial charge in [0.25, 0.3) is 5.91 Å². The number of hydrogen-bond acceptors (Lipinski definition) is 3. The molecule has 2 aromatic carbocycles. The van der Waals surface area contributed by atoms with Crippen LogP contribution in [0.4, 0.5) is 0 Å². The van der Waals surface area contributed by atoms with E-state index in [0.29, 0.717) is 21.2 Å². The van der Waals surface area contributed by atoms with Crippen LogP contribution in [0, 0.1) is 0 Å². The molecule has 0 aliphatic heterocycles. The molecule has 2 aromatic heterocycles. The predicted octanol–water partition coefficient (Wildman–Crippen LogP) is 5.53. The fraction of sp³-hybridized carbons (Fsp3) is 0.0526. The van der Waals surface area contributed by atoms with Crippen LogP contribution in [-0.2, 0) is 6.54 Å². The summed E-state index contributed by atoms with van der Waals surface area (Å²) < 4.78 is 0. The number of para-hydroxylation sites is 1. The summed E-state index contributed by atoms with van der Waals surface area (Å²) in [4.78, 5) is 13.4. The summed E-state index contributed by atoms with van der Waals surface area (Å²) in [5.41, 5.74) is 3.10. The first-order valence-corrected chi connectivity index (χ1v) is 9.50. The highest BCUT2D eigenvalue weighted by Gasteiger charge is 2.14. The number of benzene rings is 2. The van der Waals surface area contributed by atoms with Crippen LogP contribution >= 0.6 is 34.5 Å². The lowest BCUT2D eigenvalue weighted by atomic mass is 10.1.